The fourth-order valence-corrected chi connectivity index (χ4v) is 2.61. The Morgan fingerprint density at radius 2 is 1.68 bits per heavy atom. The van der Waals surface area contributed by atoms with Crippen LogP contribution in [0.2, 0.25) is 0 Å². The van der Waals surface area contributed by atoms with E-state index in [1.54, 1.807) is 0 Å². The lowest BCUT2D eigenvalue weighted by molar-refractivity contribution is 0.832. The molecule has 0 bridgehead atoms. The van der Waals surface area contributed by atoms with Crippen LogP contribution < -0.4 is 0 Å². The number of hydrogen-bond donors (Lipinski definition) is 0. The summed E-state index contributed by atoms with van der Waals surface area (Å²) in [6.45, 7) is 11.1. The van der Waals surface area contributed by atoms with Crippen molar-refractivity contribution in [1.29, 1.82) is 0 Å². The first-order valence-corrected chi connectivity index (χ1v) is 8.06. The summed E-state index contributed by atoms with van der Waals surface area (Å²) in [4.78, 5) is 9.17. The first-order chi connectivity index (χ1) is 10.5. The van der Waals surface area contributed by atoms with Crippen molar-refractivity contribution in [3.8, 4) is 0 Å². The Hall–Kier alpha value is -1.96. The highest BCUT2D eigenvalue weighted by atomic mass is 14.7. The molecular weight excluding hydrogens is 268 g/mol. The van der Waals surface area contributed by atoms with Crippen LogP contribution in [0.4, 0.5) is 5.69 Å². The summed E-state index contributed by atoms with van der Waals surface area (Å²) in [5.41, 5.74) is 6.18. The molecule has 0 saturated carbocycles. The van der Waals surface area contributed by atoms with E-state index in [-0.39, 0.29) is 0 Å². The van der Waals surface area contributed by atoms with Gasteiger partial charge in [-0.2, -0.15) is 0 Å². The third-order valence-electron chi connectivity index (χ3n) is 3.80. The smallest absolute Gasteiger partial charge is 0.0695 e. The fourth-order valence-electron chi connectivity index (χ4n) is 2.61. The van der Waals surface area contributed by atoms with Gasteiger partial charge in [0.15, 0.2) is 0 Å². The molecule has 2 rings (SSSR count). The number of rotatable bonds is 5. The van der Waals surface area contributed by atoms with Gasteiger partial charge >= 0.3 is 0 Å². The lowest BCUT2D eigenvalue weighted by Crippen LogP contribution is -1.98. The van der Waals surface area contributed by atoms with Crippen LogP contribution in [0.15, 0.2) is 41.5 Å². The van der Waals surface area contributed by atoms with Gasteiger partial charge in [-0.3, -0.25) is 9.98 Å². The van der Waals surface area contributed by atoms with Crippen LogP contribution in [0.3, 0.4) is 0 Å². The van der Waals surface area contributed by atoms with Crippen molar-refractivity contribution in [3.63, 3.8) is 0 Å². The van der Waals surface area contributed by atoms with Crippen molar-refractivity contribution in [2.75, 3.05) is 0 Å². The van der Waals surface area contributed by atoms with E-state index in [4.69, 9.17) is 4.99 Å². The van der Waals surface area contributed by atoms with Gasteiger partial charge in [0.25, 0.3) is 0 Å². The van der Waals surface area contributed by atoms with Gasteiger partial charge in [-0.05, 0) is 42.0 Å². The minimum atomic E-state index is 0.472. The molecule has 0 radical (unpaired) electrons. The van der Waals surface area contributed by atoms with Gasteiger partial charge in [0.1, 0.15) is 0 Å². The van der Waals surface area contributed by atoms with E-state index >= 15 is 0 Å². The van der Waals surface area contributed by atoms with E-state index in [1.807, 2.05) is 30.6 Å². The average molecular weight is 294 g/mol. The summed E-state index contributed by atoms with van der Waals surface area (Å²) in [5, 5.41) is 0. The first kappa shape index (κ1) is 16.4. The number of aromatic nitrogens is 1. The van der Waals surface area contributed by atoms with Crippen molar-refractivity contribution >= 4 is 11.9 Å². The van der Waals surface area contributed by atoms with Gasteiger partial charge in [0, 0.05) is 24.5 Å². The number of pyridine rings is 1. The van der Waals surface area contributed by atoms with Crippen molar-refractivity contribution in [2.45, 2.75) is 52.9 Å². The Morgan fingerprint density at radius 3 is 2.18 bits per heavy atom. The number of hydrogen-bond acceptors (Lipinski definition) is 2. The number of aryl methyl sites for hydroxylation is 1. The maximum Gasteiger partial charge on any atom is 0.0695 e. The Labute approximate surface area is 134 Å². The van der Waals surface area contributed by atoms with Crippen LogP contribution in [0.5, 0.6) is 0 Å². The predicted molar refractivity (Wildman–Crippen MR) is 95.5 cm³/mol. The number of nitrogens with zero attached hydrogens (tertiary/aromatic N) is 2. The second kappa shape index (κ2) is 7.35. The Morgan fingerprint density at radius 1 is 1.05 bits per heavy atom. The van der Waals surface area contributed by atoms with Crippen LogP contribution >= 0.6 is 0 Å². The standard InChI is InChI=1S/C20H26N2/c1-14(2)18-12-16(5)13-19(15(3)4)20(18)22-11-9-17-8-6-7-10-21-17/h6-8,10-15H,9H2,1-5H3. The van der Waals surface area contributed by atoms with Gasteiger partial charge in [-0.15, -0.1) is 0 Å². The maximum absolute atomic E-state index is 4.82. The largest absolute Gasteiger partial charge is 0.261 e. The molecule has 2 heteroatoms. The summed E-state index contributed by atoms with van der Waals surface area (Å²) in [6, 6.07) is 10.5. The zero-order valence-electron chi connectivity index (χ0n) is 14.3. The SMILES string of the molecule is Cc1cc(C(C)C)c(N=CCc2ccccn2)c(C(C)C)c1. The molecule has 1 aromatic carbocycles. The quantitative estimate of drug-likeness (QED) is 0.661. The second-order valence-electron chi connectivity index (χ2n) is 6.44. The minimum absolute atomic E-state index is 0.472. The molecule has 2 nitrogen and oxygen atoms in total. The normalized spacial score (nSPS) is 11.8. The monoisotopic (exact) mass is 294 g/mol. The summed E-state index contributed by atoms with van der Waals surface area (Å²) in [6.07, 6.45) is 4.59. The number of benzene rings is 1. The van der Waals surface area contributed by atoms with E-state index in [2.05, 4.69) is 51.7 Å². The van der Waals surface area contributed by atoms with Crippen molar-refractivity contribution < 1.29 is 0 Å². The Kier molecular flexibility index (Phi) is 5.48. The zero-order chi connectivity index (χ0) is 16.1. The molecule has 0 spiro atoms. The Balaban J connectivity index is 2.35. The minimum Gasteiger partial charge on any atom is -0.261 e. The average Bonchev–Trinajstić information content (AvgIpc) is 2.48. The van der Waals surface area contributed by atoms with Crippen molar-refractivity contribution in [1.82, 2.24) is 4.98 Å². The molecule has 1 heterocycles. The number of aliphatic imine (C=N–C) groups is 1. The molecule has 116 valence electrons. The summed E-state index contributed by atoms with van der Waals surface area (Å²) >= 11 is 0. The highest BCUT2D eigenvalue weighted by molar-refractivity contribution is 5.69. The second-order valence-corrected chi connectivity index (χ2v) is 6.44. The molecule has 22 heavy (non-hydrogen) atoms. The van der Waals surface area contributed by atoms with Crippen LogP contribution in [0.1, 0.15) is 61.9 Å². The molecule has 0 amide bonds. The predicted octanol–water partition coefficient (Wildman–Crippen LogP) is 5.58. The molecule has 0 unspecified atom stereocenters. The summed E-state index contributed by atoms with van der Waals surface area (Å²) in [5.74, 6) is 0.943. The molecule has 1 aromatic heterocycles. The van der Waals surface area contributed by atoms with Crippen molar-refractivity contribution in [2.24, 2.45) is 4.99 Å². The molecule has 0 aliphatic carbocycles. The van der Waals surface area contributed by atoms with E-state index in [0.717, 1.165) is 17.8 Å². The molecule has 2 aromatic rings. The third-order valence-corrected chi connectivity index (χ3v) is 3.80. The first-order valence-electron chi connectivity index (χ1n) is 8.06. The summed E-state index contributed by atoms with van der Waals surface area (Å²) in [7, 11) is 0. The molecule has 0 fully saturated rings. The highest BCUT2D eigenvalue weighted by Crippen LogP contribution is 2.35. The fraction of sp³-hybridized carbons (Fsp3) is 0.400. The van der Waals surface area contributed by atoms with Gasteiger partial charge in [0.2, 0.25) is 0 Å². The molecule has 0 aliphatic rings. The Bertz CT molecular complexity index is 611. The molecule has 0 N–H and O–H groups in total. The van der Waals surface area contributed by atoms with Crippen LogP contribution in [-0.2, 0) is 6.42 Å². The van der Waals surface area contributed by atoms with Crippen LogP contribution in [-0.4, -0.2) is 11.2 Å². The highest BCUT2D eigenvalue weighted by Gasteiger charge is 2.14. The van der Waals surface area contributed by atoms with E-state index < -0.39 is 0 Å². The zero-order valence-corrected chi connectivity index (χ0v) is 14.3. The van der Waals surface area contributed by atoms with Gasteiger partial charge in [-0.1, -0.05) is 51.5 Å². The van der Waals surface area contributed by atoms with E-state index in [0.29, 0.717) is 11.8 Å². The van der Waals surface area contributed by atoms with Gasteiger partial charge < -0.3 is 0 Å². The summed E-state index contributed by atoms with van der Waals surface area (Å²) < 4.78 is 0. The van der Waals surface area contributed by atoms with Crippen molar-refractivity contribution in [3.05, 3.63) is 58.9 Å². The van der Waals surface area contributed by atoms with Crippen LogP contribution in [0.25, 0.3) is 0 Å². The van der Waals surface area contributed by atoms with Gasteiger partial charge in [-0.25, -0.2) is 0 Å². The molecule has 0 aliphatic heterocycles. The topological polar surface area (TPSA) is 25.2 Å². The van der Waals surface area contributed by atoms with E-state index in [9.17, 15) is 0 Å². The lowest BCUT2D eigenvalue weighted by Gasteiger charge is -2.17. The molecule has 0 saturated heterocycles. The van der Waals surface area contributed by atoms with Crippen LogP contribution in [0, 0.1) is 6.92 Å². The lowest BCUT2D eigenvalue weighted by atomic mass is 9.91. The molecule has 0 atom stereocenters. The third kappa shape index (κ3) is 4.03. The molecular formula is C20H26N2. The maximum atomic E-state index is 4.82. The van der Waals surface area contributed by atoms with E-state index in [1.165, 1.54) is 16.7 Å². The van der Waals surface area contributed by atoms with Gasteiger partial charge in [0.05, 0.1) is 5.69 Å².